The fourth-order valence-corrected chi connectivity index (χ4v) is 2.50. The quantitative estimate of drug-likeness (QED) is 0.563. The van der Waals surface area contributed by atoms with Crippen LogP contribution in [0.15, 0.2) is 40.3 Å². The van der Waals surface area contributed by atoms with Gasteiger partial charge in [-0.05, 0) is 18.2 Å². The third kappa shape index (κ3) is 1.85. The number of fused-ring (bicyclic) bond motifs is 1. The molecular weight excluding hydrogens is 244 g/mol. The second-order valence-electron chi connectivity index (χ2n) is 3.37. The number of nitrogens with one attached hydrogen (secondary N) is 1. The van der Waals surface area contributed by atoms with Gasteiger partial charge >= 0.3 is 0 Å². The highest BCUT2D eigenvalue weighted by Crippen LogP contribution is 2.35. The molecule has 2 aromatic carbocycles. The SMILES string of the molecule is N=Nc1ccc2c(O)cccc2c1S(=O)(=O)O. The van der Waals surface area contributed by atoms with E-state index in [4.69, 9.17) is 10.1 Å². The summed E-state index contributed by atoms with van der Waals surface area (Å²) in [7, 11) is -4.51. The summed E-state index contributed by atoms with van der Waals surface area (Å²) in [6.07, 6.45) is 0. The molecule has 7 heteroatoms. The molecule has 6 nitrogen and oxygen atoms in total. The van der Waals surface area contributed by atoms with Gasteiger partial charge in [0.1, 0.15) is 16.3 Å². The van der Waals surface area contributed by atoms with E-state index in [0.29, 0.717) is 0 Å². The molecule has 0 aliphatic heterocycles. The second kappa shape index (κ2) is 3.79. The molecular formula is C10H8N2O4S. The maximum Gasteiger partial charge on any atom is 0.297 e. The lowest BCUT2D eigenvalue weighted by atomic mass is 10.1. The minimum absolute atomic E-state index is 0.107. The molecule has 88 valence electrons. The fraction of sp³-hybridized carbons (Fsp3) is 0. The van der Waals surface area contributed by atoms with Crippen LogP contribution in [-0.2, 0) is 10.1 Å². The minimum Gasteiger partial charge on any atom is -0.507 e. The van der Waals surface area contributed by atoms with Gasteiger partial charge in [-0.2, -0.15) is 13.5 Å². The number of benzene rings is 2. The van der Waals surface area contributed by atoms with Crippen LogP contribution in [0.25, 0.3) is 10.8 Å². The number of hydrogen-bond donors (Lipinski definition) is 3. The molecule has 0 saturated heterocycles. The van der Waals surface area contributed by atoms with Crippen LogP contribution in [0.5, 0.6) is 5.75 Å². The second-order valence-corrected chi connectivity index (χ2v) is 4.73. The summed E-state index contributed by atoms with van der Waals surface area (Å²) >= 11 is 0. The van der Waals surface area contributed by atoms with Crippen molar-refractivity contribution in [3.8, 4) is 5.75 Å². The third-order valence-electron chi connectivity index (χ3n) is 2.35. The lowest BCUT2D eigenvalue weighted by Crippen LogP contribution is -1.99. The molecule has 0 radical (unpaired) electrons. The maximum atomic E-state index is 11.3. The van der Waals surface area contributed by atoms with Crippen molar-refractivity contribution in [3.05, 3.63) is 30.3 Å². The number of phenols is 1. The summed E-state index contributed by atoms with van der Waals surface area (Å²) in [5.74, 6) is -0.107. The van der Waals surface area contributed by atoms with E-state index < -0.39 is 15.0 Å². The molecule has 0 aliphatic carbocycles. The van der Waals surface area contributed by atoms with Gasteiger partial charge in [-0.25, -0.2) is 5.53 Å². The normalized spacial score (nSPS) is 11.6. The molecule has 0 unspecified atom stereocenters. The molecule has 0 heterocycles. The van der Waals surface area contributed by atoms with Gasteiger partial charge < -0.3 is 5.11 Å². The molecule has 0 aliphatic rings. The first-order valence-corrected chi connectivity index (χ1v) is 5.99. The Labute approximate surface area is 96.8 Å². The van der Waals surface area contributed by atoms with Crippen molar-refractivity contribution in [3.63, 3.8) is 0 Å². The predicted octanol–water partition coefficient (Wildman–Crippen LogP) is 2.45. The van der Waals surface area contributed by atoms with Crippen LogP contribution in [0, 0.1) is 5.53 Å². The molecule has 0 fully saturated rings. The van der Waals surface area contributed by atoms with Crippen LogP contribution in [0.4, 0.5) is 5.69 Å². The first-order chi connectivity index (χ1) is 7.95. The predicted molar refractivity (Wildman–Crippen MR) is 60.2 cm³/mol. The monoisotopic (exact) mass is 252 g/mol. The van der Waals surface area contributed by atoms with Gasteiger partial charge in [-0.3, -0.25) is 4.55 Å². The van der Waals surface area contributed by atoms with Crippen molar-refractivity contribution in [2.75, 3.05) is 0 Å². The van der Waals surface area contributed by atoms with E-state index in [1.54, 1.807) is 0 Å². The van der Waals surface area contributed by atoms with E-state index >= 15 is 0 Å². The molecule has 0 spiro atoms. The van der Waals surface area contributed by atoms with E-state index in [0.717, 1.165) is 0 Å². The molecule has 2 aromatic rings. The van der Waals surface area contributed by atoms with E-state index in [-0.39, 0.29) is 22.2 Å². The zero-order valence-electron chi connectivity index (χ0n) is 8.45. The van der Waals surface area contributed by atoms with Crippen LogP contribution in [0.3, 0.4) is 0 Å². The van der Waals surface area contributed by atoms with E-state index in [2.05, 4.69) is 5.11 Å². The Kier molecular flexibility index (Phi) is 2.56. The zero-order valence-corrected chi connectivity index (χ0v) is 9.27. The summed E-state index contributed by atoms with van der Waals surface area (Å²) < 4.78 is 31.7. The van der Waals surface area contributed by atoms with Crippen molar-refractivity contribution < 1.29 is 18.1 Å². The van der Waals surface area contributed by atoms with Crippen LogP contribution in [0.2, 0.25) is 0 Å². The molecule has 3 N–H and O–H groups in total. The molecule has 0 saturated carbocycles. The van der Waals surface area contributed by atoms with Crippen molar-refractivity contribution in [2.45, 2.75) is 4.90 Å². The largest absolute Gasteiger partial charge is 0.507 e. The molecule has 0 atom stereocenters. The topological polar surface area (TPSA) is 111 Å². The molecule has 17 heavy (non-hydrogen) atoms. The lowest BCUT2D eigenvalue weighted by molar-refractivity contribution is 0.481. The van der Waals surface area contributed by atoms with Crippen molar-refractivity contribution in [2.24, 2.45) is 5.11 Å². The maximum absolute atomic E-state index is 11.3. The Morgan fingerprint density at radius 2 is 1.82 bits per heavy atom. The number of hydrogen-bond acceptors (Lipinski definition) is 5. The smallest absolute Gasteiger partial charge is 0.297 e. The number of nitrogens with zero attached hydrogens (tertiary/aromatic N) is 1. The Morgan fingerprint density at radius 3 is 2.41 bits per heavy atom. The Balaban J connectivity index is 3.05. The lowest BCUT2D eigenvalue weighted by Gasteiger charge is -2.07. The molecule has 0 amide bonds. The van der Waals surface area contributed by atoms with E-state index in [1.807, 2.05) is 0 Å². The minimum atomic E-state index is -4.51. The van der Waals surface area contributed by atoms with Crippen molar-refractivity contribution in [1.82, 2.24) is 0 Å². The fourth-order valence-electron chi connectivity index (χ4n) is 1.66. The standard InChI is InChI=1S/C10H8N2O4S/c11-12-8-5-4-6-7(2-1-3-9(6)13)10(8)17(14,15)16/h1-5,11,13H,(H,14,15,16). The number of aromatic hydroxyl groups is 1. The van der Waals surface area contributed by atoms with Gasteiger partial charge in [0.15, 0.2) is 0 Å². The summed E-state index contributed by atoms with van der Waals surface area (Å²) in [5.41, 5.74) is 6.71. The van der Waals surface area contributed by atoms with Crippen LogP contribution in [-0.4, -0.2) is 18.1 Å². The number of rotatable bonds is 2. The highest BCUT2D eigenvalue weighted by Gasteiger charge is 2.20. The zero-order chi connectivity index (χ0) is 12.6. The first-order valence-electron chi connectivity index (χ1n) is 4.55. The van der Waals surface area contributed by atoms with Gasteiger partial charge in [0.05, 0.1) is 0 Å². The van der Waals surface area contributed by atoms with Crippen LogP contribution < -0.4 is 0 Å². The third-order valence-corrected chi connectivity index (χ3v) is 3.29. The summed E-state index contributed by atoms with van der Waals surface area (Å²) in [5, 5.41) is 13.0. The van der Waals surface area contributed by atoms with Gasteiger partial charge in [-0.15, -0.1) is 0 Å². The highest BCUT2D eigenvalue weighted by molar-refractivity contribution is 7.86. The highest BCUT2D eigenvalue weighted by atomic mass is 32.2. The van der Waals surface area contributed by atoms with E-state index in [9.17, 15) is 13.5 Å². The summed E-state index contributed by atoms with van der Waals surface area (Å²) in [6.45, 7) is 0. The van der Waals surface area contributed by atoms with Gasteiger partial charge in [0.25, 0.3) is 10.1 Å². The van der Waals surface area contributed by atoms with E-state index in [1.165, 1.54) is 30.3 Å². The Bertz CT molecular complexity index is 710. The van der Waals surface area contributed by atoms with Gasteiger partial charge in [-0.1, -0.05) is 12.1 Å². The molecule has 0 bridgehead atoms. The van der Waals surface area contributed by atoms with Gasteiger partial charge in [0.2, 0.25) is 0 Å². The van der Waals surface area contributed by atoms with Crippen molar-refractivity contribution in [1.29, 1.82) is 5.53 Å². The Morgan fingerprint density at radius 1 is 1.12 bits per heavy atom. The van der Waals surface area contributed by atoms with Crippen LogP contribution in [0.1, 0.15) is 0 Å². The first kappa shape index (κ1) is 11.5. The average Bonchev–Trinajstić information content (AvgIpc) is 2.26. The molecule has 2 rings (SSSR count). The van der Waals surface area contributed by atoms with Gasteiger partial charge in [0, 0.05) is 10.8 Å². The van der Waals surface area contributed by atoms with Crippen molar-refractivity contribution >= 4 is 26.6 Å². The van der Waals surface area contributed by atoms with Crippen LogP contribution >= 0.6 is 0 Å². The summed E-state index contributed by atoms with van der Waals surface area (Å²) in [4.78, 5) is -0.471. The average molecular weight is 252 g/mol. The molecule has 0 aromatic heterocycles. The summed E-state index contributed by atoms with van der Waals surface area (Å²) in [6, 6.07) is 6.95. The Hall–Kier alpha value is -1.99. The number of phenolic OH excluding ortho intramolecular Hbond substituents is 1.